The number of carbonyl (C=O) groups is 1. The number of nitrogens with zero attached hydrogens (tertiary/aromatic N) is 7. The molecule has 11 nitrogen and oxygen atoms in total. The van der Waals surface area contributed by atoms with Crippen LogP contribution in [0.1, 0.15) is 16.1 Å². The van der Waals surface area contributed by atoms with Gasteiger partial charge >= 0.3 is 6.18 Å². The lowest BCUT2D eigenvalue weighted by atomic mass is 10.1. The van der Waals surface area contributed by atoms with Crippen molar-refractivity contribution in [3.8, 4) is 34.7 Å². The van der Waals surface area contributed by atoms with E-state index in [-0.39, 0.29) is 59.5 Å². The number of likely N-dealkylation sites (tertiary alicyclic amines) is 1. The van der Waals surface area contributed by atoms with Gasteiger partial charge in [0.05, 0.1) is 35.2 Å². The Kier molecular flexibility index (Phi) is 5.48. The van der Waals surface area contributed by atoms with Gasteiger partial charge in [-0.05, 0) is 12.1 Å². The number of carbonyl (C=O) groups excluding carboxylic acids is 1. The molecule has 2 N–H and O–H groups in total. The van der Waals surface area contributed by atoms with Gasteiger partial charge in [-0.3, -0.25) is 13.9 Å². The highest BCUT2D eigenvalue weighted by Crippen LogP contribution is 2.37. The molecule has 0 atom stereocenters. The van der Waals surface area contributed by atoms with Crippen molar-refractivity contribution in [2.45, 2.75) is 18.8 Å². The molecular formula is C22H16F3N7O4. The predicted molar refractivity (Wildman–Crippen MR) is 115 cm³/mol. The van der Waals surface area contributed by atoms with Gasteiger partial charge in [0.15, 0.2) is 5.69 Å². The molecule has 184 valence electrons. The van der Waals surface area contributed by atoms with Crippen LogP contribution in [-0.4, -0.2) is 64.4 Å². The molecule has 36 heavy (non-hydrogen) atoms. The number of benzene rings is 1. The lowest BCUT2D eigenvalue weighted by molar-refractivity contribution is -0.141. The summed E-state index contributed by atoms with van der Waals surface area (Å²) in [7, 11) is 0. The number of fused-ring (bicyclic) bond motifs is 1. The van der Waals surface area contributed by atoms with Gasteiger partial charge in [-0.15, -0.1) is 0 Å². The van der Waals surface area contributed by atoms with Crippen molar-refractivity contribution in [2.24, 2.45) is 0 Å². The Bertz CT molecular complexity index is 1520. The third kappa shape index (κ3) is 4.05. The lowest BCUT2D eigenvalue weighted by Gasteiger charge is -2.35. The fourth-order valence-electron chi connectivity index (χ4n) is 3.80. The summed E-state index contributed by atoms with van der Waals surface area (Å²) in [6.45, 7) is -0.0116. The number of nitriles is 1. The van der Waals surface area contributed by atoms with Gasteiger partial charge in [-0.2, -0.15) is 23.5 Å². The molecule has 1 fully saturated rings. The zero-order valence-electron chi connectivity index (χ0n) is 18.2. The largest absolute Gasteiger partial charge is 0.507 e. The number of aromatic hydroxyl groups is 1. The molecule has 1 aliphatic heterocycles. The predicted octanol–water partition coefficient (Wildman–Crippen LogP) is 2.45. The first kappa shape index (κ1) is 23.1. The van der Waals surface area contributed by atoms with E-state index in [2.05, 4.69) is 15.1 Å². The van der Waals surface area contributed by atoms with Crippen LogP contribution in [0.4, 0.5) is 13.2 Å². The van der Waals surface area contributed by atoms with E-state index in [0.717, 1.165) is 10.9 Å². The van der Waals surface area contributed by atoms with Crippen LogP contribution in [-0.2, 0) is 12.7 Å². The number of halogens is 3. The lowest BCUT2D eigenvalue weighted by Crippen LogP contribution is -2.53. The topological polar surface area (TPSA) is 142 Å². The highest BCUT2D eigenvalue weighted by molar-refractivity contribution is 5.97. The van der Waals surface area contributed by atoms with Crippen molar-refractivity contribution in [3.05, 3.63) is 54.2 Å². The molecule has 1 amide bonds. The van der Waals surface area contributed by atoms with Crippen molar-refractivity contribution in [3.63, 3.8) is 0 Å². The van der Waals surface area contributed by atoms with Gasteiger partial charge in [0.25, 0.3) is 11.8 Å². The molecule has 1 saturated heterocycles. The molecule has 0 radical (unpaired) electrons. The average Bonchev–Trinajstić information content (AvgIpc) is 3.42. The van der Waals surface area contributed by atoms with E-state index in [9.17, 15) is 28.2 Å². The van der Waals surface area contributed by atoms with E-state index < -0.39 is 23.9 Å². The second-order valence-electron chi connectivity index (χ2n) is 7.96. The molecule has 4 aromatic rings. The first-order chi connectivity index (χ1) is 17.2. The van der Waals surface area contributed by atoms with Gasteiger partial charge in [0.1, 0.15) is 18.0 Å². The average molecular weight is 499 g/mol. The van der Waals surface area contributed by atoms with E-state index >= 15 is 0 Å². The van der Waals surface area contributed by atoms with Crippen molar-refractivity contribution in [2.75, 3.05) is 13.1 Å². The van der Waals surface area contributed by atoms with Gasteiger partial charge in [0.2, 0.25) is 5.65 Å². The van der Waals surface area contributed by atoms with E-state index in [1.165, 1.54) is 46.1 Å². The monoisotopic (exact) mass is 499 g/mol. The molecule has 5 rings (SSSR count). The molecule has 0 spiro atoms. The Labute approximate surface area is 200 Å². The zero-order valence-corrected chi connectivity index (χ0v) is 18.2. The molecule has 0 saturated carbocycles. The third-order valence-electron chi connectivity index (χ3n) is 5.50. The van der Waals surface area contributed by atoms with Crippen LogP contribution in [0, 0.1) is 11.3 Å². The summed E-state index contributed by atoms with van der Waals surface area (Å²) in [5, 5.41) is 32.0. The van der Waals surface area contributed by atoms with Gasteiger partial charge in [-0.25, -0.2) is 9.97 Å². The molecule has 0 unspecified atom stereocenters. The summed E-state index contributed by atoms with van der Waals surface area (Å²) >= 11 is 0. The van der Waals surface area contributed by atoms with E-state index in [1.54, 1.807) is 6.07 Å². The second-order valence-corrected chi connectivity index (χ2v) is 7.96. The number of ether oxygens (including phenoxy) is 1. The number of hydrogen-bond acceptors (Lipinski definition) is 8. The number of hydrogen-bond donors (Lipinski definition) is 2. The van der Waals surface area contributed by atoms with Crippen LogP contribution in [0.25, 0.3) is 16.9 Å². The van der Waals surface area contributed by atoms with Crippen LogP contribution in [0.2, 0.25) is 0 Å². The molecule has 14 heteroatoms. The maximum atomic E-state index is 13.6. The number of aromatic nitrogens is 5. The zero-order chi connectivity index (χ0) is 25.6. The minimum atomic E-state index is -4.77. The number of amides is 1. The van der Waals surface area contributed by atoms with Crippen molar-refractivity contribution in [1.29, 1.82) is 5.26 Å². The van der Waals surface area contributed by atoms with Crippen LogP contribution < -0.4 is 4.74 Å². The van der Waals surface area contributed by atoms with E-state index in [0.29, 0.717) is 0 Å². The number of alkyl halides is 3. The summed E-state index contributed by atoms with van der Waals surface area (Å²) in [4.78, 5) is 22.0. The van der Waals surface area contributed by atoms with Gasteiger partial charge in [0, 0.05) is 37.7 Å². The fraction of sp³-hybridized carbons (Fsp3) is 0.227. The van der Waals surface area contributed by atoms with Crippen molar-refractivity contribution in [1.82, 2.24) is 29.0 Å². The highest BCUT2D eigenvalue weighted by atomic mass is 19.4. The van der Waals surface area contributed by atoms with Crippen molar-refractivity contribution < 1.29 is 32.9 Å². The normalized spacial score (nSPS) is 14.0. The van der Waals surface area contributed by atoms with Crippen LogP contribution in [0.15, 0.2) is 43.0 Å². The summed E-state index contributed by atoms with van der Waals surface area (Å²) < 4.78 is 48.7. The third-order valence-corrected chi connectivity index (χ3v) is 5.50. The molecular weight excluding hydrogens is 483 g/mol. The number of imidazole rings is 1. The summed E-state index contributed by atoms with van der Waals surface area (Å²) in [6, 6.07) is 5.73. The maximum Gasteiger partial charge on any atom is 0.435 e. The molecule has 0 bridgehead atoms. The maximum absolute atomic E-state index is 13.6. The SMILES string of the molecule is N#CCn1cc(-c2cnc3c(Oc4ccc(C(=O)N5CC(O)C5)c(O)c4)nccn23)c(C(F)(F)F)n1. The van der Waals surface area contributed by atoms with Gasteiger partial charge < -0.3 is 19.8 Å². The number of aliphatic hydroxyl groups excluding tert-OH is 1. The number of phenolic OH excluding ortho intramolecular Hbond substituents is 1. The number of β-amino-alcohol motifs (C(OH)–C–C–N with tert-alkyl or cyclic N) is 1. The fourth-order valence-corrected chi connectivity index (χ4v) is 3.80. The number of rotatable bonds is 5. The minimum absolute atomic E-state index is 0.0255. The van der Waals surface area contributed by atoms with Crippen molar-refractivity contribution >= 4 is 11.6 Å². The Hall–Kier alpha value is -4.64. The molecule has 4 heterocycles. The minimum Gasteiger partial charge on any atom is -0.507 e. The number of phenols is 1. The first-order valence-electron chi connectivity index (χ1n) is 10.5. The molecule has 1 aliphatic rings. The Morgan fingerprint density at radius 3 is 2.72 bits per heavy atom. The Morgan fingerprint density at radius 2 is 2.06 bits per heavy atom. The smallest absolute Gasteiger partial charge is 0.435 e. The van der Waals surface area contributed by atoms with Crippen LogP contribution in [0.3, 0.4) is 0 Å². The molecule has 1 aromatic carbocycles. The Morgan fingerprint density at radius 1 is 1.28 bits per heavy atom. The summed E-state index contributed by atoms with van der Waals surface area (Å²) in [6.07, 6.45) is -0.343. The summed E-state index contributed by atoms with van der Waals surface area (Å²) in [5.74, 6) is -0.754. The van der Waals surface area contributed by atoms with Crippen LogP contribution in [0.5, 0.6) is 17.4 Å². The quantitative estimate of drug-likeness (QED) is 0.427. The molecule has 0 aliphatic carbocycles. The summed E-state index contributed by atoms with van der Waals surface area (Å²) in [5.41, 5.74) is -1.28. The first-order valence-corrected chi connectivity index (χ1v) is 10.5. The highest BCUT2D eigenvalue weighted by Gasteiger charge is 2.38. The van der Waals surface area contributed by atoms with E-state index in [1.807, 2.05) is 0 Å². The second kappa shape index (κ2) is 8.54. The van der Waals surface area contributed by atoms with Gasteiger partial charge in [-0.1, -0.05) is 0 Å². The number of aliphatic hydroxyl groups is 1. The van der Waals surface area contributed by atoms with Crippen LogP contribution >= 0.6 is 0 Å². The molecule has 3 aromatic heterocycles. The van der Waals surface area contributed by atoms with E-state index in [4.69, 9.17) is 10.00 Å². The standard InChI is InChI=1S/C22H16F3N7O4/c23-22(24,25)18-15(11-31(29-18)5-3-26)16-8-28-19-20(27-4-6-32(16)19)36-13-1-2-14(17(34)7-13)21(35)30-9-12(33)10-30/h1-2,4,6-8,11-12,33-34H,5,9-10H2. The Balaban J connectivity index is 1.47.